The molecule has 1 heterocycles. The maximum absolute atomic E-state index is 11.9. The number of aryl methyl sites for hydroxylation is 1. The van der Waals surface area contributed by atoms with Gasteiger partial charge >= 0.3 is 0 Å². The molecule has 1 N–H and O–H groups in total. The average Bonchev–Trinajstić information content (AvgIpc) is 2.74. The third-order valence-electron chi connectivity index (χ3n) is 2.27. The Morgan fingerprint density at radius 2 is 2.05 bits per heavy atom. The molecule has 0 saturated heterocycles. The van der Waals surface area contributed by atoms with E-state index >= 15 is 0 Å². The van der Waals surface area contributed by atoms with Crippen molar-refractivity contribution in [1.29, 1.82) is 0 Å². The van der Waals surface area contributed by atoms with Gasteiger partial charge in [-0.15, -0.1) is 10.2 Å². The lowest BCUT2D eigenvalue weighted by molar-refractivity contribution is 0.102. The summed E-state index contributed by atoms with van der Waals surface area (Å²) in [5, 5.41) is 11.2. The number of carbonyl (C=O) groups excluding carboxylic acids is 1. The molecule has 0 bridgehead atoms. The van der Waals surface area contributed by atoms with Crippen LogP contribution in [0, 0.1) is 6.92 Å². The highest BCUT2D eigenvalue weighted by molar-refractivity contribution is 7.90. The molecule has 0 spiro atoms. The summed E-state index contributed by atoms with van der Waals surface area (Å²) in [7, 11) is -3.33. The summed E-state index contributed by atoms with van der Waals surface area (Å²) in [6.45, 7) is 1.78. The maximum atomic E-state index is 11.9. The van der Waals surface area contributed by atoms with Crippen LogP contribution >= 0.6 is 11.3 Å². The van der Waals surface area contributed by atoms with Gasteiger partial charge in [-0.05, 0) is 25.1 Å². The van der Waals surface area contributed by atoms with Gasteiger partial charge in [-0.3, -0.25) is 10.1 Å². The first-order valence-corrected chi connectivity index (χ1v) is 7.98. The Morgan fingerprint density at radius 1 is 1.32 bits per heavy atom. The first-order valence-electron chi connectivity index (χ1n) is 5.28. The van der Waals surface area contributed by atoms with Gasteiger partial charge in [0, 0.05) is 11.8 Å². The van der Waals surface area contributed by atoms with Crippen molar-refractivity contribution >= 4 is 32.2 Å². The first kappa shape index (κ1) is 13.6. The zero-order valence-electron chi connectivity index (χ0n) is 10.2. The Morgan fingerprint density at radius 3 is 2.63 bits per heavy atom. The van der Waals surface area contributed by atoms with E-state index in [1.807, 2.05) is 0 Å². The van der Waals surface area contributed by atoms with Crippen LogP contribution in [0.5, 0.6) is 0 Å². The molecule has 2 rings (SSSR count). The maximum Gasteiger partial charge on any atom is 0.257 e. The average molecular weight is 297 g/mol. The Labute approximate surface area is 114 Å². The highest BCUT2D eigenvalue weighted by atomic mass is 32.2. The predicted octanol–water partition coefficient (Wildman–Crippen LogP) is 1.50. The molecule has 19 heavy (non-hydrogen) atoms. The van der Waals surface area contributed by atoms with Crippen molar-refractivity contribution in [3.8, 4) is 0 Å². The van der Waals surface area contributed by atoms with Crippen LogP contribution in [0.3, 0.4) is 0 Å². The molecular formula is C11H11N3O3S2. The molecule has 0 fully saturated rings. The van der Waals surface area contributed by atoms with Crippen LogP contribution in [0.4, 0.5) is 5.13 Å². The molecule has 100 valence electrons. The molecule has 1 aromatic carbocycles. The minimum absolute atomic E-state index is 0.105. The number of sulfone groups is 1. The fourth-order valence-electron chi connectivity index (χ4n) is 1.38. The van der Waals surface area contributed by atoms with Crippen LogP contribution in [-0.4, -0.2) is 30.8 Å². The van der Waals surface area contributed by atoms with Gasteiger partial charge in [0.2, 0.25) is 5.13 Å². The van der Waals surface area contributed by atoms with Crippen LogP contribution in [0.2, 0.25) is 0 Å². The summed E-state index contributed by atoms with van der Waals surface area (Å²) in [5.41, 5.74) is 0.260. The number of aromatic nitrogens is 2. The Bertz CT molecular complexity index is 722. The summed E-state index contributed by atoms with van der Waals surface area (Å²) in [4.78, 5) is 12.0. The number of anilines is 1. The molecule has 0 aliphatic rings. The Hall–Kier alpha value is -1.80. The van der Waals surface area contributed by atoms with Crippen LogP contribution in [0.15, 0.2) is 29.2 Å². The fourth-order valence-corrected chi connectivity index (χ4v) is 2.64. The lowest BCUT2D eigenvalue weighted by Crippen LogP contribution is -2.12. The SMILES string of the molecule is Cc1nnc(NC(=O)c2cccc(S(C)(=O)=O)c2)s1. The minimum atomic E-state index is -3.33. The van der Waals surface area contributed by atoms with E-state index in [2.05, 4.69) is 15.5 Å². The molecule has 2 aromatic rings. The molecule has 0 saturated carbocycles. The van der Waals surface area contributed by atoms with E-state index in [9.17, 15) is 13.2 Å². The van der Waals surface area contributed by atoms with Crippen molar-refractivity contribution in [2.45, 2.75) is 11.8 Å². The summed E-state index contributed by atoms with van der Waals surface area (Å²) < 4.78 is 22.8. The van der Waals surface area contributed by atoms with Crippen LogP contribution in [-0.2, 0) is 9.84 Å². The zero-order chi connectivity index (χ0) is 14.0. The van der Waals surface area contributed by atoms with E-state index in [-0.39, 0.29) is 10.5 Å². The highest BCUT2D eigenvalue weighted by Crippen LogP contribution is 2.16. The monoisotopic (exact) mass is 297 g/mol. The normalized spacial score (nSPS) is 11.3. The molecule has 0 aliphatic carbocycles. The quantitative estimate of drug-likeness (QED) is 0.927. The van der Waals surface area contributed by atoms with Gasteiger partial charge < -0.3 is 0 Å². The lowest BCUT2D eigenvalue weighted by atomic mass is 10.2. The summed E-state index contributed by atoms with van der Waals surface area (Å²) in [6, 6.07) is 5.84. The van der Waals surface area contributed by atoms with Crippen molar-refractivity contribution in [1.82, 2.24) is 10.2 Å². The summed E-state index contributed by atoms with van der Waals surface area (Å²) in [6.07, 6.45) is 1.10. The van der Waals surface area contributed by atoms with E-state index in [4.69, 9.17) is 0 Å². The largest absolute Gasteiger partial charge is 0.296 e. The van der Waals surface area contributed by atoms with Crippen molar-refractivity contribution < 1.29 is 13.2 Å². The fraction of sp³-hybridized carbons (Fsp3) is 0.182. The Balaban J connectivity index is 2.25. The first-order chi connectivity index (χ1) is 8.86. The summed E-state index contributed by atoms with van der Waals surface area (Å²) >= 11 is 1.25. The van der Waals surface area contributed by atoms with Crippen LogP contribution in [0.25, 0.3) is 0 Å². The second kappa shape index (κ2) is 5.06. The second-order valence-electron chi connectivity index (χ2n) is 3.88. The molecule has 0 atom stereocenters. The number of rotatable bonds is 3. The van der Waals surface area contributed by atoms with Crippen molar-refractivity contribution in [2.75, 3.05) is 11.6 Å². The van der Waals surface area contributed by atoms with Gasteiger partial charge in [0.1, 0.15) is 5.01 Å². The van der Waals surface area contributed by atoms with E-state index in [1.54, 1.807) is 6.92 Å². The van der Waals surface area contributed by atoms with Crippen molar-refractivity contribution in [3.05, 3.63) is 34.8 Å². The number of amides is 1. The molecule has 8 heteroatoms. The number of hydrogen-bond donors (Lipinski definition) is 1. The topological polar surface area (TPSA) is 89.0 Å². The van der Waals surface area contributed by atoms with Gasteiger partial charge in [0.05, 0.1) is 4.90 Å². The number of hydrogen-bond acceptors (Lipinski definition) is 6. The van der Waals surface area contributed by atoms with Gasteiger partial charge in [-0.25, -0.2) is 8.42 Å². The molecule has 0 aliphatic heterocycles. The number of carbonyl (C=O) groups is 1. The lowest BCUT2D eigenvalue weighted by Gasteiger charge is -2.03. The molecular weight excluding hydrogens is 286 g/mol. The van der Waals surface area contributed by atoms with E-state index in [1.165, 1.54) is 35.6 Å². The van der Waals surface area contributed by atoms with E-state index in [0.29, 0.717) is 5.13 Å². The van der Waals surface area contributed by atoms with Crippen LogP contribution < -0.4 is 5.32 Å². The predicted molar refractivity (Wildman–Crippen MR) is 72.2 cm³/mol. The minimum Gasteiger partial charge on any atom is -0.296 e. The van der Waals surface area contributed by atoms with Gasteiger partial charge in [-0.2, -0.15) is 0 Å². The zero-order valence-corrected chi connectivity index (χ0v) is 11.9. The molecule has 1 amide bonds. The molecule has 0 radical (unpaired) electrons. The highest BCUT2D eigenvalue weighted by Gasteiger charge is 2.13. The van der Waals surface area contributed by atoms with E-state index < -0.39 is 15.7 Å². The van der Waals surface area contributed by atoms with Crippen LogP contribution in [0.1, 0.15) is 15.4 Å². The van der Waals surface area contributed by atoms with E-state index in [0.717, 1.165) is 11.3 Å². The summed E-state index contributed by atoms with van der Waals surface area (Å²) in [5.74, 6) is -0.415. The van der Waals surface area contributed by atoms with Crippen molar-refractivity contribution in [2.24, 2.45) is 0 Å². The van der Waals surface area contributed by atoms with Gasteiger partial charge in [0.25, 0.3) is 5.91 Å². The Kier molecular flexibility index (Phi) is 3.63. The molecule has 6 nitrogen and oxygen atoms in total. The number of nitrogens with zero attached hydrogens (tertiary/aromatic N) is 2. The third kappa shape index (κ3) is 3.36. The number of benzene rings is 1. The van der Waals surface area contributed by atoms with Gasteiger partial charge in [-0.1, -0.05) is 17.4 Å². The standard InChI is InChI=1S/C11H11N3O3S2/c1-7-13-14-11(18-7)12-10(15)8-4-3-5-9(6-8)19(2,16)17/h3-6H,1-2H3,(H,12,14,15). The van der Waals surface area contributed by atoms with Crippen molar-refractivity contribution in [3.63, 3.8) is 0 Å². The molecule has 0 unspecified atom stereocenters. The number of nitrogens with one attached hydrogen (secondary N) is 1. The van der Waals surface area contributed by atoms with Gasteiger partial charge in [0.15, 0.2) is 9.84 Å². The third-order valence-corrected chi connectivity index (χ3v) is 4.14. The molecule has 1 aromatic heterocycles. The second-order valence-corrected chi connectivity index (χ2v) is 7.08. The smallest absolute Gasteiger partial charge is 0.257 e.